The van der Waals surface area contributed by atoms with Crippen LogP contribution in [0.2, 0.25) is 0 Å². The van der Waals surface area contributed by atoms with Crippen LogP contribution >= 0.6 is 11.3 Å². The number of ether oxygens (including phenoxy) is 1. The lowest BCUT2D eigenvalue weighted by Gasteiger charge is -2.28. The van der Waals surface area contributed by atoms with Crippen LogP contribution in [-0.2, 0) is 11.2 Å². The fraction of sp³-hybridized carbons (Fsp3) is 0.692. The minimum atomic E-state index is 0.309. The molecule has 90 valence electrons. The zero-order valence-corrected chi connectivity index (χ0v) is 10.8. The Bertz CT molecular complexity index is 323. The largest absolute Gasteiger partial charge is 0.385 e. The number of hydrogen-bond donors (Lipinski definition) is 1. The summed E-state index contributed by atoms with van der Waals surface area (Å²) in [5.41, 5.74) is 7.84. The van der Waals surface area contributed by atoms with Gasteiger partial charge in [0.05, 0.1) is 0 Å². The van der Waals surface area contributed by atoms with Crippen molar-refractivity contribution in [1.82, 2.24) is 0 Å². The lowest BCUT2D eigenvalue weighted by atomic mass is 9.81. The van der Waals surface area contributed by atoms with Crippen LogP contribution in [0.4, 0.5) is 0 Å². The molecule has 16 heavy (non-hydrogen) atoms. The smallest absolute Gasteiger partial charge is 0.0462 e. The zero-order valence-electron chi connectivity index (χ0n) is 9.95. The van der Waals surface area contributed by atoms with E-state index < -0.39 is 0 Å². The first-order valence-electron chi connectivity index (χ1n) is 6.13. The van der Waals surface area contributed by atoms with Gasteiger partial charge in [-0.25, -0.2) is 0 Å². The number of fused-ring (bicyclic) bond motifs is 1. The van der Waals surface area contributed by atoms with E-state index >= 15 is 0 Å². The van der Waals surface area contributed by atoms with E-state index in [2.05, 4.69) is 11.4 Å². The van der Waals surface area contributed by atoms with Gasteiger partial charge in [-0.3, -0.25) is 0 Å². The van der Waals surface area contributed by atoms with E-state index in [1.54, 1.807) is 12.0 Å². The maximum Gasteiger partial charge on any atom is 0.0462 e. The van der Waals surface area contributed by atoms with Gasteiger partial charge in [-0.1, -0.05) is 0 Å². The van der Waals surface area contributed by atoms with Crippen LogP contribution in [0.1, 0.15) is 42.0 Å². The average Bonchev–Trinajstić information content (AvgIpc) is 2.76. The molecule has 0 saturated carbocycles. The summed E-state index contributed by atoms with van der Waals surface area (Å²) in [7, 11) is 1.75. The molecule has 0 amide bonds. The van der Waals surface area contributed by atoms with Gasteiger partial charge in [-0.05, 0) is 49.1 Å². The Kier molecular flexibility index (Phi) is 4.38. The summed E-state index contributed by atoms with van der Waals surface area (Å²) in [6.45, 7) is 0.830. The summed E-state index contributed by atoms with van der Waals surface area (Å²) in [6.07, 6.45) is 5.98. The third-order valence-corrected chi connectivity index (χ3v) is 4.50. The van der Waals surface area contributed by atoms with E-state index in [0.29, 0.717) is 12.0 Å². The van der Waals surface area contributed by atoms with E-state index in [9.17, 15) is 0 Å². The highest BCUT2D eigenvalue weighted by atomic mass is 32.1. The van der Waals surface area contributed by atoms with Crippen LogP contribution in [-0.4, -0.2) is 19.8 Å². The molecule has 0 bridgehead atoms. The van der Waals surface area contributed by atoms with Gasteiger partial charge < -0.3 is 10.5 Å². The van der Waals surface area contributed by atoms with Crippen molar-refractivity contribution in [3.8, 4) is 0 Å². The first kappa shape index (κ1) is 12.1. The SMILES string of the molecule is COCCCC(N)C1CCCc2sccc21. The Morgan fingerprint density at radius 3 is 3.31 bits per heavy atom. The van der Waals surface area contributed by atoms with Gasteiger partial charge >= 0.3 is 0 Å². The van der Waals surface area contributed by atoms with Crippen LogP contribution in [0.5, 0.6) is 0 Å². The van der Waals surface area contributed by atoms with Crippen LogP contribution in [0, 0.1) is 0 Å². The van der Waals surface area contributed by atoms with Crippen molar-refractivity contribution in [3.05, 3.63) is 21.9 Å². The molecule has 0 radical (unpaired) electrons. The highest BCUT2D eigenvalue weighted by molar-refractivity contribution is 7.10. The molecule has 1 heterocycles. The molecule has 0 aromatic carbocycles. The monoisotopic (exact) mass is 239 g/mol. The van der Waals surface area contributed by atoms with E-state index in [1.165, 1.54) is 24.8 Å². The van der Waals surface area contributed by atoms with Gasteiger partial charge in [0.15, 0.2) is 0 Å². The van der Waals surface area contributed by atoms with Crippen molar-refractivity contribution in [2.24, 2.45) is 5.73 Å². The van der Waals surface area contributed by atoms with E-state index in [4.69, 9.17) is 10.5 Å². The Morgan fingerprint density at radius 2 is 2.50 bits per heavy atom. The molecule has 1 aliphatic carbocycles. The van der Waals surface area contributed by atoms with Crippen molar-refractivity contribution in [2.75, 3.05) is 13.7 Å². The van der Waals surface area contributed by atoms with Gasteiger partial charge in [-0.15, -0.1) is 11.3 Å². The number of nitrogens with two attached hydrogens (primary N) is 1. The first-order chi connectivity index (χ1) is 7.83. The topological polar surface area (TPSA) is 35.2 Å². The molecule has 3 heteroatoms. The lowest BCUT2D eigenvalue weighted by molar-refractivity contribution is 0.188. The summed E-state index contributed by atoms with van der Waals surface area (Å²) < 4.78 is 5.08. The van der Waals surface area contributed by atoms with Crippen molar-refractivity contribution < 1.29 is 4.74 Å². The van der Waals surface area contributed by atoms with Crippen molar-refractivity contribution >= 4 is 11.3 Å². The van der Waals surface area contributed by atoms with Gasteiger partial charge in [0.2, 0.25) is 0 Å². The molecule has 0 saturated heterocycles. The molecular formula is C13H21NOS. The summed E-state index contributed by atoms with van der Waals surface area (Å²) in [6, 6.07) is 2.59. The Balaban J connectivity index is 1.95. The average molecular weight is 239 g/mol. The molecule has 0 fully saturated rings. The third kappa shape index (κ3) is 2.65. The second-order valence-corrected chi connectivity index (χ2v) is 5.60. The Labute approximate surface area is 102 Å². The zero-order chi connectivity index (χ0) is 11.4. The van der Waals surface area contributed by atoms with Crippen LogP contribution < -0.4 is 5.73 Å². The highest BCUT2D eigenvalue weighted by Crippen LogP contribution is 2.37. The summed E-state index contributed by atoms with van der Waals surface area (Å²) in [5.74, 6) is 0.590. The van der Waals surface area contributed by atoms with Gasteiger partial charge in [-0.2, -0.15) is 0 Å². The minimum Gasteiger partial charge on any atom is -0.385 e. The van der Waals surface area contributed by atoms with Gasteiger partial charge in [0.1, 0.15) is 0 Å². The molecular weight excluding hydrogens is 218 g/mol. The van der Waals surface area contributed by atoms with E-state index in [1.807, 2.05) is 11.3 Å². The number of methoxy groups -OCH3 is 1. The number of thiophene rings is 1. The standard InChI is InChI=1S/C13H21NOS/c1-15-8-3-5-12(14)10-4-2-6-13-11(10)7-9-16-13/h7,9-10,12H,2-6,8,14H2,1H3. The predicted octanol–water partition coefficient (Wildman–Crippen LogP) is 2.92. The van der Waals surface area contributed by atoms with E-state index in [-0.39, 0.29) is 0 Å². The third-order valence-electron chi connectivity index (χ3n) is 3.50. The fourth-order valence-electron chi connectivity index (χ4n) is 2.63. The Morgan fingerprint density at radius 1 is 1.62 bits per heavy atom. The second kappa shape index (κ2) is 5.80. The second-order valence-electron chi connectivity index (χ2n) is 4.60. The maximum absolute atomic E-state index is 6.31. The molecule has 1 aliphatic rings. The van der Waals surface area contributed by atoms with Crippen molar-refractivity contribution in [1.29, 1.82) is 0 Å². The Hall–Kier alpha value is -0.380. The number of rotatable bonds is 5. The van der Waals surface area contributed by atoms with Crippen LogP contribution in [0.15, 0.2) is 11.4 Å². The highest BCUT2D eigenvalue weighted by Gasteiger charge is 2.25. The normalized spacial score (nSPS) is 21.8. The predicted molar refractivity (Wildman–Crippen MR) is 69.1 cm³/mol. The molecule has 0 aliphatic heterocycles. The molecule has 1 aromatic heterocycles. The number of aryl methyl sites for hydroxylation is 1. The fourth-order valence-corrected chi connectivity index (χ4v) is 3.63. The molecule has 2 N–H and O–H groups in total. The molecule has 2 rings (SSSR count). The van der Waals surface area contributed by atoms with E-state index in [0.717, 1.165) is 19.4 Å². The van der Waals surface area contributed by atoms with Crippen molar-refractivity contribution in [2.45, 2.75) is 44.1 Å². The molecule has 2 atom stereocenters. The lowest BCUT2D eigenvalue weighted by Crippen LogP contribution is -2.30. The first-order valence-corrected chi connectivity index (χ1v) is 7.01. The molecule has 2 nitrogen and oxygen atoms in total. The minimum absolute atomic E-state index is 0.309. The molecule has 2 unspecified atom stereocenters. The summed E-state index contributed by atoms with van der Waals surface area (Å²) >= 11 is 1.89. The van der Waals surface area contributed by atoms with Crippen LogP contribution in [0.3, 0.4) is 0 Å². The molecule has 0 spiro atoms. The van der Waals surface area contributed by atoms with Gasteiger partial charge in [0.25, 0.3) is 0 Å². The molecule has 1 aromatic rings. The number of hydrogen-bond acceptors (Lipinski definition) is 3. The summed E-state index contributed by atoms with van der Waals surface area (Å²) in [5, 5.41) is 2.21. The maximum atomic E-state index is 6.31. The van der Waals surface area contributed by atoms with Crippen molar-refractivity contribution in [3.63, 3.8) is 0 Å². The van der Waals surface area contributed by atoms with Gasteiger partial charge in [0, 0.05) is 30.6 Å². The quantitative estimate of drug-likeness (QED) is 0.802. The van der Waals surface area contributed by atoms with Crippen LogP contribution in [0.25, 0.3) is 0 Å². The summed E-state index contributed by atoms with van der Waals surface area (Å²) in [4.78, 5) is 1.57.